The lowest BCUT2D eigenvalue weighted by Crippen LogP contribution is -2.30. The zero-order valence-corrected chi connectivity index (χ0v) is 13.0. The van der Waals surface area contributed by atoms with Crippen molar-refractivity contribution in [1.82, 2.24) is 13.9 Å². The molecule has 3 aromatic rings. The lowest BCUT2D eigenvalue weighted by molar-refractivity contribution is 0.0910. The summed E-state index contributed by atoms with van der Waals surface area (Å²) in [4.78, 5) is 37.8. The van der Waals surface area contributed by atoms with Crippen molar-refractivity contribution in [1.29, 1.82) is 5.26 Å². The van der Waals surface area contributed by atoms with E-state index in [9.17, 15) is 14.4 Å². The first-order valence-corrected chi connectivity index (χ1v) is 7.67. The normalized spacial score (nSPS) is 15.8. The molecule has 1 unspecified atom stereocenters. The number of carbonyl (C=O) groups excluding carboxylic acids is 1. The molecule has 0 radical (unpaired) electrons. The number of nitrogens with zero attached hydrogens (tertiary/aromatic N) is 4. The minimum atomic E-state index is -0.669. The van der Waals surface area contributed by atoms with Crippen LogP contribution in [-0.4, -0.2) is 19.8 Å². The number of benzene rings is 2. The van der Waals surface area contributed by atoms with Gasteiger partial charge in [-0.25, -0.2) is 18.8 Å². The van der Waals surface area contributed by atoms with Crippen molar-refractivity contribution in [3.63, 3.8) is 0 Å². The van der Waals surface area contributed by atoms with Crippen LogP contribution in [0.15, 0.2) is 64.2 Å². The van der Waals surface area contributed by atoms with Crippen molar-refractivity contribution in [3.05, 3.63) is 86.7 Å². The van der Waals surface area contributed by atoms with Crippen LogP contribution in [0.2, 0.25) is 0 Å². The van der Waals surface area contributed by atoms with Crippen LogP contribution in [0, 0.1) is 11.3 Å². The van der Waals surface area contributed by atoms with E-state index in [0.29, 0.717) is 16.8 Å². The molecule has 0 saturated carbocycles. The molecule has 7 nitrogen and oxygen atoms in total. The van der Waals surface area contributed by atoms with Gasteiger partial charge in [-0.2, -0.15) is 9.94 Å². The van der Waals surface area contributed by atoms with Gasteiger partial charge in [0.15, 0.2) is 0 Å². The zero-order valence-electron chi connectivity index (χ0n) is 13.0. The van der Waals surface area contributed by atoms with Crippen molar-refractivity contribution in [2.24, 2.45) is 0 Å². The molecule has 25 heavy (non-hydrogen) atoms. The molecule has 4 rings (SSSR count). The van der Waals surface area contributed by atoms with E-state index in [1.807, 2.05) is 6.07 Å². The summed E-state index contributed by atoms with van der Waals surface area (Å²) in [6, 6.07) is 16.6. The standard InChI is InChI=1S/C18H12N4O3/c19-11-12-6-8-13(9-7-12)15-10-16(23)22-18(25)20(17(24)21(15)22)14-4-2-1-3-5-14/h1-9,15H,10H2. The molecule has 1 aliphatic rings. The van der Waals surface area contributed by atoms with Gasteiger partial charge in [0.2, 0.25) is 0 Å². The van der Waals surface area contributed by atoms with Gasteiger partial charge in [-0.1, -0.05) is 30.3 Å². The van der Waals surface area contributed by atoms with Gasteiger partial charge in [-0.05, 0) is 29.8 Å². The fraction of sp³-hybridized carbons (Fsp3) is 0.111. The number of para-hydroxylation sites is 1. The Morgan fingerprint density at radius 2 is 1.60 bits per heavy atom. The molecule has 0 spiro atoms. The molecule has 0 saturated heterocycles. The quantitative estimate of drug-likeness (QED) is 0.707. The number of hydrogen-bond acceptors (Lipinski definition) is 4. The summed E-state index contributed by atoms with van der Waals surface area (Å²) in [6.07, 6.45) is 0.0337. The second-order valence-electron chi connectivity index (χ2n) is 5.74. The Kier molecular flexibility index (Phi) is 3.25. The summed E-state index contributed by atoms with van der Waals surface area (Å²) in [6.45, 7) is 0. The summed E-state index contributed by atoms with van der Waals surface area (Å²) in [5, 5.41) is 8.90. The third kappa shape index (κ3) is 2.16. The van der Waals surface area contributed by atoms with E-state index in [-0.39, 0.29) is 6.42 Å². The topological polar surface area (TPSA) is 89.8 Å². The van der Waals surface area contributed by atoms with Gasteiger partial charge in [0.1, 0.15) is 0 Å². The van der Waals surface area contributed by atoms with Crippen molar-refractivity contribution < 1.29 is 4.79 Å². The Balaban J connectivity index is 1.91. The predicted molar refractivity (Wildman–Crippen MR) is 88.8 cm³/mol. The van der Waals surface area contributed by atoms with Crippen LogP contribution in [0.25, 0.3) is 5.69 Å². The first kappa shape index (κ1) is 14.9. The van der Waals surface area contributed by atoms with Crippen molar-refractivity contribution in [2.45, 2.75) is 12.5 Å². The average Bonchev–Trinajstić information content (AvgIpc) is 3.12. The van der Waals surface area contributed by atoms with Crippen LogP contribution < -0.4 is 11.4 Å². The van der Waals surface area contributed by atoms with Gasteiger partial charge in [0, 0.05) is 0 Å². The molecule has 1 atom stereocenters. The Labute approximate surface area is 141 Å². The number of nitriles is 1. The maximum absolute atomic E-state index is 12.8. The summed E-state index contributed by atoms with van der Waals surface area (Å²) < 4.78 is 3.09. The minimum absolute atomic E-state index is 0.0337. The van der Waals surface area contributed by atoms with Crippen LogP contribution in [0.1, 0.15) is 28.4 Å². The van der Waals surface area contributed by atoms with E-state index in [0.717, 1.165) is 9.25 Å². The van der Waals surface area contributed by atoms with Crippen molar-refractivity contribution in [3.8, 4) is 11.8 Å². The van der Waals surface area contributed by atoms with Crippen LogP contribution in [0.5, 0.6) is 0 Å². The first-order valence-electron chi connectivity index (χ1n) is 7.67. The first-order chi connectivity index (χ1) is 12.1. The SMILES string of the molecule is N#Cc1ccc(C2CC(=O)n3c(=O)n(-c4ccccc4)c(=O)n32)cc1. The molecule has 1 aromatic heterocycles. The van der Waals surface area contributed by atoms with E-state index < -0.39 is 23.3 Å². The average molecular weight is 332 g/mol. The maximum atomic E-state index is 12.8. The van der Waals surface area contributed by atoms with Crippen LogP contribution in [0.3, 0.4) is 0 Å². The van der Waals surface area contributed by atoms with Gasteiger partial charge < -0.3 is 0 Å². The van der Waals surface area contributed by atoms with E-state index in [4.69, 9.17) is 5.26 Å². The smallest absolute Gasteiger partial charge is 0.272 e. The van der Waals surface area contributed by atoms with Crippen LogP contribution >= 0.6 is 0 Å². The van der Waals surface area contributed by atoms with E-state index in [1.54, 1.807) is 54.6 Å². The summed E-state index contributed by atoms with van der Waals surface area (Å²) >= 11 is 0. The fourth-order valence-corrected chi connectivity index (χ4v) is 3.13. The lowest BCUT2D eigenvalue weighted by Gasteiger charge is -2.10. The molecule has 0 N–H and O–H groups in total. The molecule has 0 fully saturated rings. The molecule has 2 aromatic carbocycles. The maximum Gasteiger partial charge on any atom is 0.359 e. The molecule has 122 valence electrons. The molecule has 0 aliphatic carbocycles. The minimum Gasteiger partial charge on any atom is -0.272 e. The second kappa shape index (κ2) is 5.46. The number of fused-ring (bicyclic) bond motifs is 1. The van der Waals surface area contributed by atoms with Crippen molar-refractivity contribution in [2.75, 3.05) is 0 Å². The summed E-state index contributed by atoms with van der Waals surface area (Å²) in [5.41, 5.74) is 0.373. The van der Waals surface area contributed by atoms with Gasteiger partial charge >= 0.3 is 11.4 Å². The van der Waals surface area contributed by atoms with Crippen molar-refractivity contribution >= 4 is 5.91 Å². The Hall–Kier alpha value is -3.66. The zero-order chi connectivity index (χ0) is 17.6. The Morgan fingerprint density at radius 3 is 2.24 bits per heavy atom. The van der Waals surface area contributed by atoms with E-state index >= 15 is 0 Å². The molecular weight excluding hydrogens is 320 g/mol. The molecule has 0 bridgehead atoms. The third-order valence-electron chi connectivity index (χ3n) is 4.31. The Morgan fingerprint density at radius 1 is 0.920 bits per heavy atom. The van der Waals surface area contributed by atoms with Gasteiger partial charge in [0.25, 0.3) is 5.91 Å². The highest BCUT2D eigenvalue weighted by Crippen LogP contribution is 2.26. The monoisotopic (exact) mass is 332 g/mol. The van der Waals surface area contributed by atoms with Crippen LogP contribution in [-0.2, 0) is 0 Å². The molecule has 1 aliphatic heterocycles. The number of aromatic nitrogens is 3. The Bertz CT molecular complexity index is 1130. The molecule has 2 heterocycles. The molecular formula is C18H12N4O3. The van der Waals surface area contributed by atoms with Gasteiger partial charge in [0.05, 0.1) is 29.8 Å². The highest BCUT2D eigenvalue weighted by molar-refractivity contribution is 5.80. The number of carbonyl (C=O) groups is 1. The summed E-state index contributed by atoms with van der Waals surface area (Å²) in [5.74, 6) is -0.425. The number of rotatable bonds is 2. The fourth-order valence-electron chi connectivity index (χ4n) is 3.13. The molecule has 7 heteroatoms. The van der Waals surface area contributed by atoms with Gasteiger partial charge in [-0.15, -0.1) is 0 Å². The largest absolute Gasteiger partial charge is 0.359 e. The third-order valence-corrected chi connectivity index (χ3v) is 4.31. The predicted octanol–water partition coefficient (Wildman–Crippen LogP) is 1.31. The highest BCUT2D eigenvalue weighted by Gasteiger charge is 2.35. The molecule has 0 amide bonds. The lowest BCUT2D eigenvalue weighted by atomic mass is 10.0. The summed E-state index contributed by atoms with van der Waals surface area (Å²) in [7, 11) is 0. The highest BCUT2D eigenvalue weighted by atomic mass is 16.2. The van der Waals surface area contributed by atoms with E-state index in [2.05, 4.69) is 0 Å². The second-order valence-corrected chi connectivity index (χ2v) is 5.74. The van der Waals surface area contributed by atoms with Crippen LogP contribution in [0.4, 0.5) is 0 Å². The van der Waals surface area contributed by atoms with E-state index in [1.165, 1.54) is 4.68 Å². The van der Waals surface area contributed by atoms with Gasteiger partial charge in [-0.3, -0.25) is 4.79 Å². The number of hydrogen-bond donors (Lipinski definition) is 0.